The largest absolute Gasteiger partial charge is 0.456 e. The Kier molecular flexibility index (Phi) is 13.1. The van der Waals surface area contributed by atoms with E-state index in [-0.39, 0.29) is 35.0 Å². The van der Waals surface area contributed by atoms with Crippen LogP contribution in [0.1, 0.15) is 11.1 Å². The van der Waals surface area contributed by atoms with Crippen LogP contribution in [0.3, 0.4) is 0 Å². The van der Waals surface area contributed by atoms with Gasteiger partial charge in [-0.15, -0.1) is 13.3 Å². The summed E-state index contributed by atoms with van der Waals surface area (Å²) in [5.41, 5.74) is 6.44. The van der Waals surface area contributed by atoms with Gasteiger partial charge in [0.25, 0.3) is 0 Å². The molecule has 2 aliphatic heterocycles. The molecule has 1 radical (unpaired) electrons. The Morgan fingerprint density at radius 1 is 0.327 bits per heavy atom. The summed E-state index contributed by atoms with van der Waals surface area (Å²) in [6.07, 6.45) is 0. The van der Waals surface area contributed by atoms with E-state index in [0.29, 0.717) is 0 Å². The smallest absolute Gasteiger partial charge is 0.129 e. The van der Waals surface area contributed by atoms with Gasteiger partial charge in [-0.3, -0.25) is 0 Å². The maximum Gasteiger partial charge on any atom is 0.129 e. The number of hydrogen-bond donors (Lipinski definition) is 0. The van der Waals surface area contributed by atoms with E-state index in [4.69, 9.17) is 10.2 Å². The summed E-state index contributed by atoms with van der Waals surface area (Å²) in [6, 6.07) is 61.4. The van der Waals surface area contributed by atoms with Crippen molar-refractivity contribution in [3.8, 4) is 0 Å². The number of para-hydroxylation sites is 4. The van der Waals surface area contributed by atoms with Crippen molar-refractivity contribution in [3.63, 3.8) is 0 Å². The first-order valence-electron chi connectivity index (χ1n) is 15.2. The molecular formula is C42H38IrN6-4. The third-order valence-electron chi connectivity index (χ3n) is 7.49. The molecule has 0 aliphatic carbocycles. The van der Waals surface area contributed by atoms with E-state index in [1.54, 1.807) is 0 Å². The Hall–Kier alpha value is -5.49. The Labute approximate surface area is 304 Å². The van der Waals surface area contributed by atoms with E-state index in [9.17, 15) is 0 Å². The van der Waals surface area contributed by atoms with Crippen LogP contribution in [0.15, 0.2) is 192 Å². The molecule has 0 atom stereocenters. The van der Waals surface area contributed by atoms with Crippen molar-refractivity contribution in [1.82, 2.24) is 0 Å². The maximum atomic E-state index is 4.81. The fourth-order valence-electron chi connectivity index (χ4n) is 5.21. The minimum atomic E-state index is 0. The molecule has 0 bridgehead atoms. The molecule has 0 aromatic heterocycles. The molecule has 2 aliphatic rings. The van der Waals surface area contributed by atoms with E-state index in [2.05, 4.69) is 82.6 Å². The van der Waals surface area contributed by atoms with E-state index >= 15 is 0 Å². The molecule has 6 aromatic rings. The third kappa shape index (κ3) is 8.52. The summed E-state index contributed by atoms with van der Waals surface area (Å²) in [5.74, 6) is 1.83. The SMILES string of the molecule is [CH3-].[CH3-].[Ir].c1ccc(C2=NN(c3ccccc3)[CH-]N2c2ccccc2)cc1.c1ccc(C2=NN(c3ccccc3)[CH-]N2c2ccccc2)cc1. The Balaban J connectivity index is 0.000000208. The first kappa shape index (κ1) is 36.3. The fourth-order valence-corrected chi connectivity index (χ4v) is 5.21. The van der Waals surface area contributed by atoms with Crippen LogP contribution < -0.4 is 19.8 Å². The van der Waals surface area contributed by atoms with E-state index in [1.807, 2.05) is 133 Å². The van der Waals surface area contributed by atoms with Crippen molar-refractivity contribution < 1.29 is 20.1 Å². The van der Waals surface area contributed by atoms with Gasteiger partial charge in [0.1, 0.15) is 11.7 Å². The molecule has 0 spiro atoms. The molecule has 0 saturated carbocycles. The molecule has 8 rings (SSSR count). The number of hydrazone groups is 2. The van der Waals surface area contributed by atoms with E-state index < -0.39 is 0 Å². The molecule has 249 valence electrons. The van der Waals surface area contributed by atoms with Gasteiger partial charge in [-0.05, 0) is 48.5 Å². The number of nitrogens with zero attached hydrogens (tertiary/aromatic N) is 6. The molecule has 0 saturated heterocycles. The van der Waals surface area contributed by atoms with Crippen LogP contribution >= 0.6 is 0 Å². The Bertz CT molecular complexity index is 1750. The zero-order chi connectivity index (χ0) is 31.0. The van der Waals surface area contributed by atoms with Gasteiger partial charge in [-0.1, -0.05) is 133 Å². The molecule has 0 fully saturated rings. The van der Waals surface area contributed by atoms with Crippen molar-refractivity contribution in [2.75, 3.05) is 19.8 Å². The van der Waals surface area contributed by atoms with Crippen LogP contribution in [0, 0.1) is 28.2 Å². The number of anilines is 4. The van der Waals surface area contributed by atoms with Gasteiger partial charge >= 0.3 is 0 Å². The van der Waals surface area contributed by atoms with Crippen LogP contribution in [0.5, 0.6) is 0 Å². The summed E-state index contributed by atoms with van der Waals surface area (Å²) < 4.78 is 0. The van der Waals surface area contributed by atoms with Crippen molar-refractivity contribution >= 4 is 34.4 Å². The van der Waals surface area contributed by atoms with Gasteiger partial charge in [0.2, 0.25) is 0 Å². The van der Waals surface area contributed by atoms with Gasteiger partial charge in [0.15, 0.2) is 0 Å². The summed E-state index contributed by atoms with van der Waals surface area (Å²) in [7, 11) is 0. The average molecular weight is 819 g/mol. The fraction of sp³-hybridized carbons (Fsp3) is 0. The second-order valence-corrected chi connectivity index (χ2v) is 10.6. The Morgan fingerprint density at radius 3 is 0.857 bits per heavy atom. The van der Waals surface area contributed by atoms with Crippen LogP contribution in [0.25, 0.3) is 0 Å². The molecule has 0 amide bonds. The second-order valence-electron chi connectivity index (χ2n) is 10.6. The molecule has 2 heterocycles. The van der Waals surface area contributed by atoms with Crippen molar-refractivity contribution in [1.29, 1.82) is 0 Å². The summed E-state index contributed by atoms with van der Waals surface area (Å²) in [6.45, 7) is 4.04. The average Bonchev–Trinajstić information content (AvgIpc) is 3.81. The van der Waals surface area contributed by atoms with Gasteiger partial charge in [-0.25, -0.2) is 0 Å². The first-order chi connectivity index (χ1) is 22.8. The van der Waals surface area contributed by atoms with Crippen molar-refractivity contribution in [3.05, 3.63) is 221 Å². The third-order valence-corrected chi connectivity index (χ3v) is 7.49. The standard InChI is InChI=1S/2C20H16N3.2CH3.Ir/c2*1-4-10-17(11-5-1)20-21-23(19-14-8-3-9-15-19)16-22(20)18-12-6-2-7-13-18;;;/h2*1-16H;2*1H3;/q4*-1;. The van der Waals surface area contributed by atoms with Gasteiger partial charge in [0.05, 0.1) is 0 Å². The zero-order valence-electron chi connectivity index (χ0n) is 27.5. The van der Waals surface area contributed by atoms with Crippen LogP contribution in [-0.4, -0.2) is 11.7 Å². The first-order valence-corrected chi connectivity index (χ1v) is 15.2. The van der Waals surface area contributed by atoms with Crippen molar-refractivity contribution in [2.24, 2.45) is 10.2 Å². The molecule has 0 unspecified atom stereocenters. The number of benzene rings is 6. The van der Waals surface area contributed by atoms with Gasteiger partial charge in [-0.2, -0.15) is 10.2 Å². The predicted octanol–water partition coefficient (Wildman–Crippen LogP) is 9.89. The monoisotopic (exact) mass is 819 g/mol. The number of amidine groups is 2. The topological polar surface area (TPSA) is 37.7 Å². The minimum absolute atomic E-state index is 0. The van der Waals surface area contributed by atoms with Crippen molar-refractivity contribution in [2.45, 2.75) is 0 Å². The molecule has 49 heavy (non-hydrogen) atoms. The van der Waals surface area contributed by atoms with Crippen LogP contribution in [-0.2, 0) is 20.1 Å². The molecule has 7 heteroatoms. The maximum absolute atomic E-state index is 4.81. The number of rotatable bonds is 6. The number of hydrogen-bond acceptors (Lipinski definition) is 6. The Morgan fingerprint density at radius 2 is 0.571 bits per heavy atom. The van der Waals surface area contributed by atoms with Gasteiger partial charge < -0.3 is 34.7 Å². The summed E-state index contributed by atoms with van der Waals surface area (Å²) in [4.78, 5) is 4.23. The van der Waals surface area contributed by atoms with Gasteiger partial charge in [0, 0.05) is 54.0 Å². The second kappa shape index (κ2) is 17.6. The summed E-state index contributed by atoms with van der Waals surface area (Å²) in [5, 5.41) is 13.4. The molecule has 0 N–H and O–H groups in total. The molecule has 6 nitrogen and oxygen atoms in total. The zero-order valence-corrected chi connectivity index (χ0v) is 29.9. The molecular weight excluding hydrogens is 781 g/mol. The quantitative estimate of drug-likeness (QED) is 0.157. The normalized spacial score (nSPS) is 13.1. The minimum Gasteiger partial charge on any atom is -0.456 e. The van der Waals surface area contributed by atoms with E-state index in [0.717, 1.165) is 45.5 Å². The summed E-state index contributed by atoms with van der Waals surface area (Å²) >= 11 is 0. The van der Waals surface area contributed by atoms with Crippen LogP contribution in [0.4, 0.5) is 22.7 Å². The molecule has 6 aromatic carbocycles. The predicted molar refractivity (Wildman–Crippen MR) is 203 cm³/mol. The van der Waals surface area contributed by atoms with Crippen LogP contribution in [0.2, 0.25) is 0 Å². The van der Waals surface area contributed by atoms with E-state index in [1.165, 1.54) is 0 Å².